The van der Waals surface area contributed by atoms with Gasteiger partial charge in [-0.2, -0.15) is 0 Å². The lowest BCUT2D eigenvalue weighted by Gasteiger charge is -2.07. The number of hydrogen-bond donors (Lipinski definition) is 1. The molecular weight excluding hydrogens is 241 g/mol. The van der Waals surface area contributed by atoms with Crippen LogP contribution in [0.3, 0.4) is 0 Å². The van der Waals surface area contributed by atoms with Gasteiger partial charge >= 0.3 is 0 Å². The van der Waals surface area contributed by atoms with Gasteiger partial charge in [-0.05, 0) is 18.6 Å². The molecule has 0 saturated heterocycles. The van der Waals surface area contributed by atoms with Crippen molar-refractivity contribution < 1.29 is 12.8 Å². The zero-order chi connectivity index (χ0) is 12.7. The number of benzene rings is 1. The highest BCUT2D eigenvalue weighted by atomic mass is 32.2. The Balaban J connectivity index is 2.40. The van der Waals surface area contributed by atoms with Crippen molar-refractivity contribution in [1.29, 1.82) is 0 Å². The molecule has 0 aliphatic heterocycles. The molecule has 0 aliphatic rings. The fourth-order valence-corrected chi connectivity index (χ4v) is 2.76. The SMILES string of the molecule is CCCCS(=O)(=O)CCNc1ccccc1F. The predicted molar refractivity (Wildman–Crippen MR) is 68.5 cm³/mol. The minimum Gasteiger partial charge on any atom is -0.382 e. The average molecular weight is 259 g/mol. The number of sulfone groups is 1. The van der Waals surface area contributed by atoms with E-state index in [4.69, 9.17) is 0 Å². The van der Waals surface area contributed by atoms with E-state index in [0.29, 0.717) is 12.1 Å². The van der Waals surface area contributed by atoms with Gasteiger partial charge in [0.05, 0.1) is 17.2 Å². The molecule has 1 N–H and O–H groups in total. The van der Waals surface area contributed by atoms with Crippen molar-refractivity contribution in [2.45, 2.75) is 19.8 Å². The largest absolute Gasteiger partial charge is 0.382 e. The number of nitrogens with one attached hydrogen (secondary N) is 1. The van der Waals surface area contributed by atoms with Crippen molar-refractivity contribution in [3.8, 4) is 0 Å². The normalized spacial score (nSPS) is 11.4. The topological polar surface area (TPSA) is 46.2 Å². The summed E-state index contributed by atoms with van der Waals surface area (Å²) < 4.78 is 36.3. The van der Waals surface area contributed by atoms with E-state index in [0.717, 1.165) is 6.42 Å². The monoisotopic (exact) mass is 259 g/mol. The number of para-hydroxylation sites is 1. The molecule has 0 radical (unpaired) electrons. The standard InChI is InChI=1S/C12H18FNO2S/c1-2-3-9-17(15,16)10-8-14-12-7-5-4-6-11(12)13/h4-7,14H,2-3,8-10H2,1H3. The minimum atomic E-state index is -3.01. The van der Waals surface area contributed by atoms with Gasteiger partial charge in [-0.1, -0.05) is 25.5 Å². The third-order valence-electron chi connectivity index (χ3n) is 2.41. The van der Waals surface area contributed by atoms with E-state index in [-0.39, 0.29) is 23.9 Å². The first kappa shape index (κ1) is 14.0. The van der Waals surface area contributed by atoms with E-state index in [9.17, 15) is 12.8 Å². The number of hydrogen-bond acceptors (Lipinski definition) is 3. The Kier molecular flexibility index (Phi) is 5.41. The summed E-state index contributed by atoms with van der Waals surface area (Å²) in [4.78, 5) is 0. The molecule has 0 spiro atoms. The van der Waals surface area contributed by atoms with Gasteiger partial charge in [0.15, 0.2) is 9.84 Å². The molecular formula is C12H18FNO2S. The number of halogens is 1. The van der Waals surface area contributed by atoms with E-state index >= 15 is 0 Å². The molecule has 96 valence electrons. The lowest BCUT2D eigenvalue weighted by molar-refractivity contribution is 0.592. The summed E-state index contributed by atoms with van der Waals surface area (Å²) in [5, 5.41) is 2.79. The van der Waals surface area contributed by atoms with Crippen LogP contribution in [0.1, 0.15) is 19.8 Å². The van der Waals surface area contributed by atoms with E-state index < -0.39 is 9.84 Å². The van der Waals surface area contributed by atoms with Crippen molar-refractivity contribution in [3.05, 3.63) is 30.1 Å². The lowest BCUT2D eigenvalue weighted by Crippen LogP contribution is -2.18. The third kappa shape index (κ3) is 5.17. The number of anilines is 1. The van der Waals surface area contributed by atoms with Crippen LogP contribution in [0.4, 0.5) is 10.1 Å². The van der Waals surface area contributed by atoms with Gasteiger partial charge in [0.1, 0.15) is 5.82 Å². The van der Waals surface area contributed by atoms with E-state index in [2.05, 4.69) is 5.32 Å². The second kappa shape index (κ2) is 6.59. The molecule has 0 unspecified atom stereocenters. The Morgan fingerprint density at radius 2 is 1.94 bits per heavy atom. The van der Waals surface area contributed by atoms with Gasteiger partial charge in [-0.25, -0.2) is 12.8 Å². The first-order valence-electron chi connectivity index (χ1n) is 5.74. The highest BCUT2D eigenvalue weighted by molar-refractivity contribution is 7.91. The Morgan fingerprint density at radius 1 is 1.24 bits per heavy atom. The van der Waals surface area contributed by atoms with Crippen LogP contribution in [0.2, 0.25) is 0 Å². The van der Waals surface area contributed by atoms with Crippen LogP contribution in [-0.4, -0.2) is 26.5 Å². The van der Waals surface area contributed by atoms with Crippen molar-refractivity contribution in [2.75, 3.05) is 23.4 Å². The van der Waals surface area contributed by atoms with Crippen molar-refractivity contribution in [3.63, 3.8) is 0 Å². The van der Waals surface area contributed by atoms with Crippen LogP contribution in [0.15, 0.2) is 24.3 Å². The molecule has 17 heavy (non-hydrogen) atoms. The van der Waals surface area contributed by atoms with Gasteiger partial charge in [-0.15, -0.1) is 0 Å². The van der Waals surface area contributed by atoms with Crippen LogP contribution in [0.5, 0.6) is 0 Å². The smallest absolute Gasteiger partial charge is 0.152 e. The van der Waals surface area contributed by atoms with Crippen molar-refractivity contribution in [1.82, 2.24) is 0 Å². The van der Waals surface area contributed by atoms with Crippen molar-refractivity contribution >= 4 is 15.5 Å². The maximum absolute atomic E-state index is 13.2. The maximum Gasteiger partial charge on any atom is 0.152 e. The molecule has 0 saturated carbocycles. The third-order valence-corrected chi connectivity index (χ3v) is 4.15. The van der Waals surface area contributed by atoms with Gasteiger partial charge in [-0.3, -0.25) is 0 Å². The maximum atomic E-state index is 13.2. The quantitative estimate of drug-likeness (QED) is 0.818. The molecule has 0 heterocycles. The summed E-state index contributed by atoms with van der Waals surface area (Å²) in [7, 11) is -3.01. The fraction of sp³-hybridized carbons (Fsp3) is 0.500. The van der Waals surface area contributed by atoms with Gasteiger partial charge in [0, 0.05) is 6.54 Å². The molecule has 0 bridgehead atoms. The highest BCUT2D eigenvalue weighted by Crippen LogP contribution is 2.11. The molecule has 1 aromatic carbocycles. The Hall–Kier alpha value is -1.10. The molecule has 0 fully saturated rings. The summed E-state index contributed by atoms with van der Waals surface area (Å²) in [6.07, 6.45) is 1.54. The summed E-state index contributed by atoms with van der Waals surface area (Å²) in [5.74, 6) is -0.109. The average Bonchev–Trinajstić information content (AvgIpc) is 2.29. The second-order valence-electron chi connectivity index (χ2n) is 3.91. The summed E-state index contributed by atoms with van der Waals surface area (Å²) in [6.45, 7) is 2.19. The molecule has 0 atom stereocenters. The van der Waals surface area contributed by atoms with E-state index in [1.807, 2.05) is 6.92 Å². The van der Waals surface area contributed by atoms with Crippen LogP contribution in [0.25, 0.3) is 0 Å². The zero-order valence-corrected chi connectivity index (χ0v) is 10.8. The summed E-state index contributed by atoms with van der Waals surface area (Å²) in [6, 6.07) is 6.23. The van der Waals surface area contributed by atoms with E-state index in [1.165, 1.54) is 6.07 Å². The van der Waals surface area contributed by atoms with Crippen LogP contribution < -0.4 is 5.32 Å². The summed E-state index contributed by atoms with van der Waals surface area (Å²) in [5.41, 5.74) is 0.346. The highest BCUT2D eigenvalue weighted by Gasteiger charge is 2.09. The molecule has 3 nitrogen and oxygen atoms in total. The van der Waals surface area contributed by atoms with Gasteiger partial charge in [0.25, 0.3) is 0 Å². The van der Waals surface area contributed by atoms with Gasteiger partial charge in [0.2, 0.25) is 0 Å². The van der Waals surface area contributed by atoms with Crippen molar-refractivity contribution in [2.24, 2.45) is 0 Å². The number of unbranched alkanes of at least 4 members (excludes halogenated alkanes) is 1. The van der Waals surface area contributed by atoms with Crippen LogP contribution >= 0.6 is 0 Å². The Bertz CT molecular complexity index is 446. The molecule has 5 heteroatoms. The minimum absolute atomic E-state index is 0.0430. The summed E-state index contributed by atoms with van der Waals surface area (Å²) >= 11 is 0. The molecule has 0 amide bonds. The zero-order valence-electron chi connectivity index (χ0n) is 9.95. The first-order chi connectivity index (χ1) is 8.05. The number of rotatable bonds is 7. The molecule has 1 aromatic rings. The Morgan fingerprint density at radius 3 is 2.59 bits per heavy atom. The Labute approximate surface area is 102 Å². The second-order valence-corrected chi connectivity index (χ2v) is 6.22. The first-order valence-corrected chi connectivity index (χ1v) is 7.56. The lowest BCUT2D eigenvalue weighted by atomic mass is 10.3. The van der Waals surface area contributed by atoms with Gasteiger partial charge < -0.3 is 5.32 Å². The molecule has 0 aliphatic carbocycles. The van der Waals surface area contributed by atoms with E-state index in [1.54, 1.807) is 18.2 Å². The van der Waals surface area contributed by atoms with Crippen LogP contribution in [0, 0.1) is 5.82 Å². The molecule has 0 aromatic heterocycles. The van der Waals surface area contributed by atoms with Crippen LogP contribution in [-0.2, 0) is 9.84 Å². The predicted octanol–water partition coefficient (Wildman–Crippen LogP) is 2.45. The molecule has 1 rings (SSSR count). The fourth-order valence-electron chi connectivity index (χ4n) is 1.41.